The predicted molar refractivity (Wildman–Crippen MR) is 187 cm³/mol. The van der Waals surface area contributed by atoms with Crippen molar-refractivity contribution in [3.05, 3.63) is 137 Å². The number of hydrogen-bond acceptors (Lipinski definition) is 2. The molecule has 8 aromatic rings. The topological polar surface area (TPSA) is 46.5 Å². The lowest BCUT2D eigenvalue weighted by Crippen LogP contribution is -2.07. The van der Waals surface area contributed by atoms with Gasteiger partial charge in [-0.1, -0.05) is 46.5 Å². The van der Waals surface area contributed by atoms with E-state index in [9.17, 15) is 18.4 Å². The minimum absolute atomic E-state index is 0.0691. The van der Waals surface area contributed by atoms with Gasteiger partial charge in [-0.25, -0.2) is 4.98 Å². The monoisotopic (exact) mass is 634 g/mol. The number of halogens is 3. The Hall–Kier alpha value is -5.87. The van der Waals surface area contributed by atoms with Crippen LogP contribution >= 0.6 is 0 Å². The quantitative estimate of drug-likeness (QED) is 0.194. The summed E-state index contributed by atoms with van der Waals surface area (Å²) in [5.41, 5.74) is 8.62. The summed E-state index contributed by atoms with van der Waals surface area (Å²) < 4.78 is 46.9. The van der Waals surface area contributed by atoms with Crippen molar-refractivity contribution in [1.29, 1.82) is 5.26 Å². The first-order valence-corrected chi connectivity index (χ1v) is 15.7. The van der Waals surface area contributed by atoms with Crippen molar-refractivity contribution in [3.63, 3.8) is 0 Å². The number of nitrogens with zero attached hydrogens (tertiary/aromatic N) is 4. The molecule has 0 aliphatic heterocycles. The number of nitriles is 1. The van der Waals surface area contributed by atoms with Gasteiger partial charge in [-0.05, 0) is 106 Å². The number of aromatic nitrogens is 3. The number of hydrogen-bond donors (Lipinski definition) is 0. The van der Waals surface area contributed by atoms with Gasteiger partial charge in [0, 0.05) is 27.1 Å². The third-order valence-corrected chi connectivity index (χ3v) is 9.19. The van der Waals surface area contributed by atoms with Gasteiger partial charge in [0.25, 0.3) is 0 Å². The Labute approximate surface area is 274 Å². The summed E-state index contributed by atoms with van der Waals surface area (Å²) in [6.07, 6.45) is -2.89. The zero-order valence-electron chi connectivity index (χ0n) is 26.7. The van der Waals surface area contributed by atoms with Crippen molar-refractivity contribution in [2.75, 3.05) is 0 Å². The first-order chi connectivity index (χ1) is 23.0. The van der Waals surface area contributed by atoms with Crippen LogP contribution in [0.2, 0.25) is 0 Å². The van der Waals surface area contributed by atoms with Gasteiger partial charge >= 0.3 is 6.18 Å². The Balaban J connectivity index is 1.50. The molecule has 0 aliphatic carbocycles. The molecule has 0 radical (unpaired) electrons. The summed E-state index contributed by atoms with van der Waals surface area (Å²) in [7, 11) is 0. The normalized spacial score (nSPS) is 12.0. The Bertz CT molecular complexity index is 2550. The van der Waals surface area contributed by atoms with E-state index in [-0.39, 0.29) is 11.1 Å². The van der Waals surface area contributed by atoms with E-state index in [0.717, 1.165) is 78.0 Å². The zero-order valence-corrected chi connectivity index (χ0v) is 26.7. The summed E-state index contributed by atoms with van der Waals surface area (Å²) in [5.74, 6) is 0.560. The van der Waals surface area contributed by atoms with E-state index >= 15 is 0 Å². The van der Waals surface area contributed by atoms with Crippen molar-refractivity contribution in [3.8, 4) is 28.7 Å². The maximum atomic E-state index is 14.3. The largest absolute Gasteiger partial charge is 0.416 e. The highest BCUT2D eigenvalue weighted by molar-refractivity contribution is 6.11. The fraction of sp³-hybridized carbons (Fsp3) is 0.122. The van der Waals surface area contributed by atoms with E-state index in [1.165, 1.54) is 6.07 Å². The van der Waals surface area contributed by atoms with Crippen LogP contribution in [0.1, 0.15) is 33.4 Å². The fourth-order valence-electron chi connectivity index (χ4n) is 6.99. The Morgan fingerprint density at radius 1 is 0.583 bits per heavy atom. The Morgan fingerprint density at radius 2 is 1.04 bits per heavy atom. The maximum absolute atomic E-state index is 14.3. The molecule has 234 valence electrons. The summed E-state index contributed by atoms with van der Waals surface area (Å²) in [4.78, 5) is 5.03. The van der Waals surface area contributed by atoms with Crippen LogP contribution in [-0.2, 0) is 6.18 Å². The van der Waals surface area contributed by atoms with Crippen LogP contribution in [0, 0.1) is 39.0 Å². The molecule has 0 unspecified atom stereocenters. The first kappa shape index (κ1) is 29.5. The molecule has 8 rings (SSSR count). The number of rotatable bonds is 3. The molecule has 0 N–H and O–H groups in total. The van der Waals surface area contributed by atoms with Crippen LogP contribution in [0.3, 0.4) is 0 Å². The highest BCUT2D eigenvalue weighted by Gasteiger charge is 2.32. The SMILES string of the molecule is Cc1ccc2c(c1)c1cc(C)ccc1n2-c1cc(-c2cc(C#N)cc(C(F)(F)F)c2)c(-n2c3ccc(C)cc3c3cc(C)ccc32)cn1. The van der Waals surface area contributed by atoms with Crippen molar-refractivity contribution in [2.24, 2.45) is 0 Å². The standard InChI is InChI=1S/C41H29F3N4/c1-23-5-9-35-31(13-23)32-14-24(2)6-10-36(32)47(35)39-22-46-40(20-30(39)28-17-27(21-45)18-29(19-28)41(42,43)44)48-37-11-7-25(3)15-33(37)34-16-26(4)8-12-38(34)48/h5-20,22H,1-4H3. The van der Waals surface area contributed by atoms with Gasteiger partial charge < -0.3 is 4.57 Å². The lowest BCUT2D eigenvalue weighted by Gasteiger charge is -2.18. The summed E-state index contributed by atoms with van der Waals surface area (Å²) in [6, 6.07) is 32.3. The lowest BCUT2D eigenvalue weighted by atomic mass is 9.99. The van der Waals surface area contributed by atoms with E-state index in [2.05, 4.69) is 59.4 Å². The number of fused-ring (bicyclic) bond motifs is 6. The molecule has 5 aromatic carbocycles. The smallest absolute Gasteiger partial charge is 0.307 e. The molecule has 0 bridgehead atoms. The molecule has 7 heteroatoms. The Morgan fingerprint density at radius 3 is 1.48 bits per heavy atom. The molecule has 48 heavy (non-hydrogen) atoms. The molecule has 0 aliphatic rings. The zero-order chi connectivity index (χ0) is 33.5. The molecule has 0 fully saturated rings. The van der Waals surface area contributed by atoms with Gasteiger partial charge in [-0.15, -0.1) is 0 Å². The molecule has 0 saturated heterocycles. The van der Waals surface area contributed by atoms with E-state index in [1.807, 2.05) is 62.4 Å². The third kappa shape index (κ3) is 4.64. The molecule has 4 nitrogen and oxygen atoms in total. The van der Waals surface area contributed by atoms with Crippen molar-refractivity contribution in [1.82, 2.24) is 14.1 Å². The first-order valence-electron chi connectivity index (χ1n) is 15.7. The van der Waals surface area contributed by atoms with Crippen LogP contribution in [0.5, 0.6) is 0 Å². The van der Waals surface area contributed by atoms with Gasteiger partial charge in [0.2, 0.25) is 0 Å². The van der Waals surface area contributed by atoms with Crippen LogP contribution in [0.25, 0.3) is 66.2 Å². The Kier molecular flexibility index (Phi) is 6.51. The van der Waals surface area contributed by atoms with Crippen LogP contribution < -0.4 is 0 Å². The minimum atomic E-state index is -4.64. The molecule has 0 atom stereocenters. The summed E-state index contributed by atoms with van der Waals surface area (Å²) >= 11 is 0. The van der Waals surface area contributed by atoms with Gasteiger partial charge in [0.15, 0.2) is 0 Å². The third-order valence-electron chi connectivity index (χ3n) is 9.19. The number of benzene rings is 5. The summed E-state index contributed by atoms with van der Waals surface area (Å²) in [5, 5.41) is 14.1. The van der Waals surface area contributed by atoms with E-state index in [4.69, 9.17) is 4.98 Å². The molecule has 0 amide bonds. The fourth-order valence-corrected chi connectivity index (χ4v) is 6.99. The predicted octanol–water partition coefficient (Wildman–Crippen LogP) is 11.1. The highest BCUT2D eigenvalue weighted by Crippen LogP contribution is 2.41. The van der Waals surface area contributed by atoms with Crippen LogP contribution in [0.4, 0.5) is 13.2 Å². The van der Waals surface area contributed by atoms with Gasteiger partial charge in [-0.2, -0.15) is 18.4 Å². The summed E-state index contributed by atoms with van der Waals surface area (Å²) in [6.45, 7) is 8.19. The second-order valence-corrected chi connectivity index (χ2v) is 12.7. The molecule has 3 aromatic heterocycles. The van der Waals surface area contributed by atoms with Crippen LogP contribution in [-0.4, -0.2) is 14.1 Å². The maximum Gasteiger partial charge on any atom is 0.416 e. The molecular weight excluding hydrogens is 605 g/mol. The lowest BCUT2D eigenvalue weighted by molar-refractivity contribution is -0.137. The molecule has 0 saturated carbocycles. The average molecular weight is 635 g/mol. The minimum Gasteiger partial charge on any atom is -0.307 e. The van der Waals surface area contributed by atoms with Crippen molar-refractivity contribution >= 4 is 43.6 Å². The van der Waals surface area contributed by atoms with Gasteiger partial charge in [0.1, 0.15) is 5.82 Å². The van der Waals surface area contributed by atoms with Gasteiger partial charge in [0.05, 0.1) is 51.1 Å². The molecule has 3 heterocycles. The van der Waals surface area contributed by atoms with Crippen molar-refractivity contribution in [2.45, 2.75) is 33.9 Å². The number of pyridine rings is 1. The second kappa shape index (κ2) is 10.6. The highest BCUT2D eigenvalue weighted by atomic mass is 19.4. The van der Waals surface area contributed by atoms with Crippen LogP contribution in [0.15, 0.2) is 103 Å². The number of alkyl halides is 3. The average Bonchev–Trinajstić information content (AvgIpc) is 3.54. The molecular formula is C41H29F3N4. The van der Waals surface area contributed by atoms with E-state index in [0.29, 0.717) is 17.1 Å². The van der Waals surface area contributed by atoms with Gasteiger partial charge in [-0.3, -0.25) is 4.57 Å². The molecule has 0 spiro atoms. The van der Waals surface area contributed by atoms with Crippen molar-refractivity contribution < 1.29 is 13.2 Å². The second-order valence-electron chi connectivity index (χ2n) is 12.7. The van der Waals surface area contributed by atoms with E-state index in [1.54, 1.807) is 6.20 Å². The van der Waals surface area contributed by atoms with E-state index < -0.39 is 11.7 Å². The number of aryl methyl sites for hydroxylation is 4.